The Hall–Kier alpha value is -0.970. The lowest BCUT2D eigenvalue weighted by molar-refractivity contribution is 0.345. The number of hydrogen-bond acceptors (Lipinski definition) is 3. The van der Waals surface area contributed by atoms with Crippen LogP contribution in [0.2, 0.25) is 0 Å². The highest BCUT2D eigenvalue weighted by molar-refractivity contribution is 7.92. The third kappa shape index (κ3) is 1.74. The molecule has 19 heavy (non-hydrogen) atoms. The Bertz CT molecular complexity index is 622. The summed E-state index contributed by atoms with van der Waals surface area (Å²) in [7, 11) is 0. The first kappa shape index (κ1) is 11.8. The lowest BCUT2D eigenvalue weighted by Gasteiger charge is -2.37. The zero-order chi connectivity index (χ0) is 12.8. The summed E-state index contributed by atoms with van der Waals surface area (Å²) in [4.78, 5) is 3.50. The average molecular weight is 274 g/mol. The maximum absolute atomic E-state index is 9.17. The van der Waals surface area contributed by atoms with Crippen LogP contribution in [-0.2, 0) is 12.2 Å². The second-order valence-corrected chi connectivity index (χ2v) is 6.19. The number of aromatic amines is 1. The lowest BCUT2D eigenvalue weighted by atomic mass is 9.75. The zero-order valence-corrected chi connectivity index (χ0v) is 11.6. The van der Waals surface area contributed by atoms with Crippen LogP contribution in [0.4, 0.5) is 0 Å². The number of aromatic nitrogens is 1. The summed E-state index contributed by atoms with van der Waals surface area (Å²) in [5.74, 6) is 1.32. The molecule has 1 aliphatic carbocycles. The SMILES string of the molecule is OSCc1[nH]c2cccc3c2c1C[C@H]1NCCCC31. The Morgan fingerprint density at radius 1 is 1.37 bits per heavy atom. The van der Waals surface area contributed by atoms with E-state index in [1.807, 2.05) is 0 Å². The quantitative estimate of drug-likeness (QED) is 0.737. The molecule has 100 valence electrons. The number of nitrogens with one attached hydrogen (secondary N) is 2. The Morgan fingerprint density at radius 3 is 3.21 bits per heavy atom. The highest BCUT2D eigenvalue weighted by atomic mass is 32.2. The zero-order valence-electron chi connectivity index (χ0n) is 10.8. The van der Waals surface area contributed by atoms with Gasteiger partial charge in [-0.05, 0) is 55.0 Å². The molecular weight excluding hydrogens is 256 g/mol. The number of piperidine rings is 1. The molecule has 2 heterocycles. The van der Waals surface area contributed by atoms with Gasteiger partial charge in [-0.3, -0.25) is 0 Å². The van der Waals surface area contributed by atoms with Gasteiger partial charge in [-0.1, -0.05) is 12.1 Å². The van der Waals surface area contributed by atoms with E-state index in [9.17, 15) is 0 Å². The molecule has 2 aliphatic rings. The molecule has 0 radical (unpaired) electrons. The number of rotatable bonds is 2. The molecule has 0 amide bonds. The summed E-state index contributed by atoms with van der Waals surface area (Å²) < 4.78 is 9.17. The minimum atomic E-state index is 0.574. The second-order valence-electron chi connectivity index (χ2n) is 5.64. The topological polar surface area (TPSA) is 48.0 Å². The monoisotopic (exact) mass is 274 g/mol. The fraction of sp³-hybridized carbons (Fsp3) is 0.467. The van der Waals surface area contributed by atoms with Crippen LogP contribution in [0.1, 0.15) is 35.6 Å². The van der Waals surface area contributed by atoms with Gasteiger partial charge in [0, 0.05) is 28.6 Å². The van der Waals surface area contributed by atoms with Gasteiger partial charge in [0.25, 0.3) is 0 Å². The van der Waals surface area contributed by atoms with E-state index in [1.54, 1.807) is 0 Å². The van der Waals surface area contributed by atoms with E-state index in [2.05, 4.69) is 28.5 Å². The van der Waals surface area contributed by atoms with Crippen LogP contribution < -0.4 is 5.32 Å². The molecule has 1 aromatic heterocycles. The van der Waals surface area contributed by atoms with Crippen molar-refractivity contribution in [2.75, 3.05) is 6.54 Å². The van der Waals surface area contributed by atoms with Crippen LogP contribution in [0.25, 0.3) is 10.9 Å². The van der Waals surface area contributed by atoms with Crippen LogP contribution in [0, 0.1) is 0 Å². The summed E-state index contributed by atoms with van der Waals surface area (Å²) in [5, 5.41) is 5.11. The summed E-state index contributed by atoms with van der Waals surface area (Å²) >= 11 is 0.907. The van der Waals surface area contributed by atoms with E-state index in [0.717, 1.165) is 25.0 Å². The summed E-state index contributed by atoms with van der Waals surface area (Å²) in [6.45, 7) is 1.14. The van der Waals surface area contributed by atoms with Gasteiger partial charge in [0.1, 0.15) is 0 Å². The Morgan fingerprint density at radius 2 is 2.32 bits per heavy atom. The van der Waals surface area contributed by atoms with Crippen molar-refractivity contribution < 1.29 is 4.55 Å². The first-order valence-corrected chi connectivity index (χ1v) is 7.95. The van der Waals surface area contributed by atoms with Crippen LogP contribution >= 0.6 is 12.0 Å². The molecule has 4 rings (SSSR count). The molecule has 4 heteroatoms. The highest BCUT2D eigenvalue weighted by Gasteiger charge is 2.34. The number of hydrogen-bond donors (Lipinski definition) is 3. The first-order chi connectivity index (χ1) is 9.38. The van der Waals surface area contributed by atoms with Gasteiger partial charge >= 0.3 is 0 Å². The molecule has 0 bridgehead atoms. The maximum Gasteiger partial charge on any atom is 0.0600 e. The van der Waals surface area contributed by atoms with Gasteiger partial charge in [0.05, 0.1) is 5.75 Å². The van der Waals surface area contributed by atoms with Crippen LogP contribution in [0.15, 0.2) is 18.2 Å². The van der Waals surface area contributed by atoms with E-state index >= 15 is 0 Å². The van der Waals surface area contributed by atoms with Gasteiger partial charge in [-0.15, -0.1) is 0 Å². The minimum Gasteiger partial charge on any atom is -0.357 e. The molecule has 2 aromatic rings. The predicted molar refractivity (Wildman–Crippen MR) is 79.7 cm³/mol. The normalized spacial score (nSPS) is 25.5. The summed E-state index contributed by atoms with van der Waals surface area (Å²) in [6.07, 6.45) is 3.67. The third-order valence-corrected chi connectivity index (χ3v) is 5.08. The van der Waals surface area contributed by atoms with Crippen LogP contribution in [0.5, 0.6) is 0 Å². The molecule has 1 saturated heterocycles. The van der Waals surface area contributed by atoms with Gasteiger partial charge in [-0.2, -0.15) is 0 Å². The van der Waals surface area contributed by atoms with E-state index in [-0.39, 0.29) is 0 Å². The Balaban J connectivity index is 1.92. The molecule has 3 nitrogen and oxygen atoms in total. The van der Waals surface area contributed by atoms with Crippen LogP contribution in [-0.4, -0.2) is 22.1 Å². The van der Waals surface area contributed by atoms with Crippen LogP contribution in [0.3, 0.4) is 0 Å². The van der Waals surface area contributed by atoms with Crippen molar-refractivity contribution in [1.82, 2.24) is 10.3 Å². The van der Waals surface area contributed by atoms with Gasteiger partial charge < -0.3 is 14.9 Å². The van der Waals surface area contributed by atoms with Crippen molar-refractivity contribution in [2.45, 2.75) is 37.0 Å². The maximum atomic E-state index is 9.17. The highest BCUT2D eigenvalue weighted by Crippen LogP contribution is 2.42. The number of fused-ring (bicyclic) bond motifs is 2. The number of H-pyrrole nitrogens is 1. The third-order valence-electron chi connectivity index (χ3n) is 4.66. The molecule has 1 unspecified atom stereocenters. The predicted octanol–water partition coefficient (Wildman–Crippen LogP) is 3.27. The first-order valence-electron chi connectivity index (χ1n) is 7.00. The molecule has 3 N–H and O–H groups in total. The van der Waals surface area contributed by atoms with Crippen molar-refractivity contribution in [3.63, 3.8) is 0 Å². The smallest absolute Gasteiger partial charge is 0.0600 e. The van der Waals surface area contributed by atoms with E-state index in [0.29, 0.717) is 17.7 Å². The fourth-order valence-corrected chi connectivity index (χ4v) is 4.26. The van der Waals surface area contributed by atoms with Gasteiger partial charge in [-0.25, -0.2) is 0 Å². The van der Waals surface area contributed by atoms with Crippen molar-refractivity contribution in [1.29, 1.82) is 0 Å². The molecule has 1 aromatic carbocycles. The van der Waals surface area contributed by atoms with Crippen molar-refractivity contribution >= 4 is 22.9 Å². The average Bonchev–Trinajstić information content (AvgIpc) is 2.79. The minimum absolute atomic E-state index is 0.574. The standard InChI is InChI=1S/C15H18N2OS/c18-19-8-14-11-7-13-9(4-2-6-16-13)10-3-1-5-12(17-14)15(10)11/h1,3,5,9,13,16-18H,2,4,6-8H2/t9?,13-/m1/s1. The molecular formula is C15H18N2OS. The van der Waals surface area contributed by atoms with Crippen molar-refractivity contribution in [3.8, 4) is 0 Å². The largest absolute Gasteiger partial charge is 0.357 e. The number of benzene rings is 1. The van der Waals surface area contributed by atoms with E-state index in [1.165, 1.54) is 40.6 Å². The van der Waals surface area contributed by atoms with Gasteiger partial charge in [0.15, 0.2) is 0 Å². The summed E-state index contributed by atoms with van der Waals surface area (Å²) in [5.41, 5.74) is 5.35. The van der Waals surface area contributed by atoms with Crippen molar-refractivity contribution in [3.05, 3.63) is 35.0 Å². The van der Waals surface area contributed by atoms with Gasteiger partial charge in [0.2, 0.25) is 0 Å². The molecule has 0 saturated carbocycles. The second kappa shape index (κ2) is 4.54. The van der Waals surface area contributed by atoms with E-state index in [4.69, 9.17) is 4.55 Å². The summed E-state index contributed by atoms with van der Waals surface area (Å²) in [6, 6.07) is 7.18. The van der Waals surface area contributed by atoms with E-state index < -0.39 is 0 Å². The molecule has 2 atom stereocenters. The molecule has 1 fully saturated rings. The lowest BCUT2D eigenvalue weighted by Crippen LogP contribution is -2.43. The molecule has 0 spiro atoms. The Labute approximate surface area is 117 Å². The molecule has 1 aliphatic heterocycles. The fourth-order valence-electron chi connectivity index (χ4n) is 3.88. The van der Waals surface area contributed by atoms with Crippen molar-refractivity contribution in [2.24, 2.45) is 0 Å². The Kier molecular flexibility index (Phi) is 2.83.